The van der Waals surface area contributed by atoms with Gasteiger partial charge in [0.15, 0.2) is 0 Å². The summed E-state index contributed by atoms with van der Waals surface area (Å²) < 4.78 is 4.54. The van der Waals surface area contributed by atoms with Gasteiger partial charge in [-0.1, -0.05) is 30.2 Å². The lowest BCUT2D eigenvalue weighted by molar-refractivity contribution is -0.124. The monoisotopic (exact) mass is 358 g/mol. The number of carbonyl (C=O) groups is 2. The van der Waals surface area contributed by atoms with Gasteiger partial charge in [0, 0.05) is 16.4 Å². The number of hydrogen-bond acceptors (Lipinski definition) is 3. The molecule has 2 amide bonds. The van der Waals surface area contributed by atoms with Crippen molar-refractivity contribution in [2.75, 3.05) is 17.7 Å². The summed E-state index contributed by atoms with van der Waals surface area (Å²) in [5.41, 5.74) is 1.78. The van der Waals surface area contributed by atoms with Gasteiger partial charge in [0.05, 0.1) is 12.5 Å². The molecule has 0 radical (unpaired) electrons. The van der Waals surface area contributed by atoms with Crippen LogP contribution in [-0.4, -0.2) is 19.1 Å². The van der Waals surface area contributed by atoms with Crippen LogP contribution in [0.4, 0.5) is 16.2 Å². The van der Waals surface area contributed by atoms with E-state index in [2.05, 4.69) is 15.4 Å². The Bertz CT molecular complexity index is 768. The van der Waals surface area contributed by atoms with Gasteiger partial charge in [-0.05, 0) is 54.8 Å². The maximum absolute atomic E-state index is 12.9. The molecule has 5 nitrogen and oxygen atoms in total. The third-order valence-corrected chi connectivity index (χ3v) is 4.87. The quantitative estimate of drug-likeness (QED) is 0.840. The molecule has 1 saturated carbocycles. The molecule has 1 aliphatic rings. The average Bonchev–Trinajstić information content (AvgIpc) is 2.57. The second-order valence-corrected chi connectivity index (χ2v) is 6.53. The molecule has 0 aromatic heterocycles. The SMILES string of the molecule is COC(=O)Nc1ccc(NC(=O)C2(c3ccc(Cl)cc3)CCC2)cc1. The second-order valence-electron chi connectivity index (χ2n) is 6.09. The topological polar surface area (TPSA) is 67.4 Å². The van der Waals surface area contributed by atoms with E-state index in [1.54, 1.807) is 24.3 Å². The van der Waals surface area contributed by atoms with Crippen molar-refractivity contribution in [3.8, 4) is 0 Å². The van der Waals surface area contributed by atoms with Gasteiger partial charge in [-0.25, -0.2) is 4.79 Å². The standard InChI is InChI=1S/C19H19ClN2O3/c1-25-18(24)22-16-9-7-15(8-10-16)21-17(23)19(11-2-12-19)13-3-5-14(20)6-4-13/h3-10H,2,11-12H2,1H3,(H,21,23)(H,22,24). The molecule has 0 unspecified atom stereocenters. The van der Waals surface area contributed by atoms with Gasteiger partial charge >= 0.3 is 6.09 Å². The number of anilines is 2. The lowest BCUT2D eigenvalue weighted by Gasteiger charge is -2.40. The van der Waals surface area contributed by atoms with Gasteiger partial charge in [-0.2, -0.15) is 0 Å². The first-order valence-electron chi connectivity index (χ1n) is 8.06. The van der Waals surface area contributed by atoms with E-state index in [1.165, 1.54) is 7.11 Å². The summed E-state index contributed by atoms with van der Waals surface area (Å²) >= 11 is 5.95. The Hall–Kier alpha value is -2.53. The molecule has 0 saturated heterocycles. The summed E-state index contributed by atoms with van der Waals surface area (Å²) in [6.07, 6.45) is 2.14. The third kappa shape index (κ3) is 3.61. The van der Waals surface area contributed by atoms with Crippen molar-refractivity contribution < 1.29 is 14.3 Å². The third-order valence-electron chi connectivity index (χ3n) is 4.61. The number of carbonyl (C=O) groups excluding carboxylic acids is 2. The Morgan fingerprint density at radius 3 is 2.00 bits per heavy atom. The van der Waals surface area contributed by atoms with Crippen molar-refractivity contribution in [3.05, 3.63) is 59.1 Å². The summed E-state index contributed by atoms with van der Waals surface area (Å²) in [6, 6.07) is 14.4. The van der Waals surface area contributed by atoms with Gasteiger partial charge in [-0.15, -0.1) is 0 Å². The highest BCUT2D eigenvalue weighted by atomic mass is 35.5. The maximum atomic E-state index is 12.9. The zero-order chi connectivity index (χ0) is 17.9. The molecular formula is C19H19ClN2O3. The molecule has 3 rings (SSSR count). The van der Waals surface area contributed by atoms with Gasteiger partial charge in [-0.3, -0.25) is 10.1 Å². The first-order valence-corrected chi connectivity index (χ1v) is 8.44. The molecule has 130 valence electrons. The number of ether oxygens (including phenoxy) is 1. The molecular weight excluding hydrogens is 340 g/mol. The van der Waals surface area contributed by atoms with Crippen LogP contribution >= 0.6 is 11.6 Å². The fourth-order valence-electron chi connectivity index (χ4n) is 3.00. The number of amides is 2. The molecule has 0 spiro atoms. The van der Waals surface area contributed by atoms with E-state index in [4.69, 9.17) is 11.6 Å². The fraction of sp³-hybridized carbons (Fsp3) is 0.263. The Morgan fingerprint density at radius 1 is 0.960 bits per heavy atom. The highest BCUT2D eigenvalue weighted by molar-refractivity contribution is 6.30. The Kier molecular flexibility index (Phi) is 4.95. The number of hydrogen-bond donors (Lipinski definition) is 2. The van der Waals surface area contributed by atoms with Gasteiger partial charge in [0.2, 0.25) is 5.91 Å². The predicted octanol–water partition coefficient (Wildman–Crippen LogP) is 4.58. The van der Waals surface area contributed by atoms with Crippen molar-refractivity contribution in [3.63, 3.8) is 0 Å². The minimum Gasteiger partial charge on any atom is -0.453 e. The van der Waals surface area contributed by atoms with Crippen molar-refractivity contribution in [2.45, 2.75) is 24.7 Å². The van der Waals surface area contributed by atoms with Crippen LogP contribution in [-0.2, 0) is 14.9 Å². The Labute approximate surface area is 151 Å². The van der Waals surface area contributed by atoms with Gasteiger partial charge in [0.1, 0.15) is 0 Å². The largest absolute Gasteiger partial charge is 0.453 e. The lowest BCUT2D eigenvalue weighted by atomic mass is 9.64. The van der Waals surface area contributed by atoms with Crippen LogP contribution in [0.2, 0.25) is 5.02 Å². The van der Waals surface area contributed by atoms with Crippen LogP contribution in [0.25, 0.3) is 0 Å². The summed E-state index contributed by atoms with van der Waals surface area (Å²) in [6.45, 7) is 0. The minimum absolute atomic E-state index is 0.0188. The van der Waals surface area contributed by atoms with Crippen LogP contribution in [0.5, 0.6) is 0 Å². The molecule has 2 N–H and O–H groups in total. The molecule has 1 aliphatic carbocycles. The first kappa shape index (κ1) is 17.3. The highest BCUT2D eigenvalue weighted by Crippen LogP contribution is 2.44. The molecule has 0 heterocycles. The number of nitrogens with one attached hydrogen (secondary N) is 2. The molecule has 0 aliphatic heterocycles. The molecule has 1 fully saturated rings. The van der Waals surface area contributed by atoms with Gasteiger partial charge in [0.25, 0.3) is 0 Å². The normalized spacial score (nSPS) is 15.0. The van der Waals surface area contributed by atoms with E-state index in [0.717, 1.165) is 24.8 Å². The summed E-state index contributed by atoms with van der Waals surface area (Å²) in [7, 11) is 1.30. The van der Waals surface area contributed by atoms with Crippen LogP contribution in [0.1, 0.15) is 24.8 Å². The van der Waals surface area contributed by atoms with Crippen molar-refractivity contribution in [1.82, 2.24) is 0 Å². The fourth-order valence-corrected chi connectivity index (χ4v) is 3.13. The van der Waals surface area contributed by atoms with E-state index in [1.807, 2.05) is 24.3 Å². The number of halogens is 1. The smallest absolute Gasteiger partial charge is 0.411 e. The van der Waals surface area contributed by atoms with Gasteiger partial charge < -0.3 is 10.1 Å². The number of rotatable bonds is 4. The second kappa shape index (κ2) is 7.15. The zero-order valence-electron chi connectivity index (χ0n) is 13.8. The molecule has 25 heavy (non-hydrogen) atoms. The number of benzene rings is 2. The van der Waals surface area contributed by atoms with Crippen LogP contribution in [0.15, 0.2) is 48.5 Å². The summed E-state index contributed by atoms with van der Waals surface area (Å²) in [5, 5.41) is 6.21. The van der Waals surface area contributed by atoms with E-state index < -0.39 is 11.5 Å². The van der Waals surface area contributed by atoms with Crippen molar-refractivity contribution in [1.29, 1.82) is 0 Å². The van der Waals surface area contributed by atoms with E-state index in [9.17, 15) is 9.59 Å². The minimum atomic E-state index is -0.534. The van der Waals surface area contributed by atoms with Crippen LogP contribution in [0.3, 0.4) is 0 Å². The van der Waals surface area contributed by atoms with Crippen LogP contribution < -0.4 is 10.6 Å². The zero-order valence-corrected chi connectivity index (χ0v) is 14.6. The molecule has 6 heteroatoms. The highest BCUT2D eigenvalue weighted by Gasteiger charge is 2.45. The Morgan fingerprint density at radius 2 is 1.52 bits per heavy atom. The van der Waals surface area contributed by atoms with Crippen molar-refractivity contribution >= 4 is 35.0 Å². The average molecular weight is 359 g/mol. The van der Waals surface area contributed by atoms with E-state index in [-0.39, 0.29) is 5.91 Å². The van der Waals surface area contributed by atoms with Crippen LogP contribution in [0, 0.1) is 0 Å². The Balaban J connectivity index is 1.72. The molecule has 2 aromatic carbocycles. The van der Waals surface area contributed by atoms with E-state index in [0.29, 0.717) is 16.4 Å². The number of methoxy groups -OCH3 is 1. The lowest BCUT2D eigenvalue weighted by Crippen LogP contribution is -2.45. The summed E-state index contributed by atoms with van der Waals surface area (Å²) in [5.74, 6) is -0.0188. The molecule has 0 atom stereocenters. The molecule has 0 bridgehead atoms. The maximum Gasteiger partial charge on any atom is 0.411 e. The molecule has 2 aromatic rings. The first-order chi connectivity index (χ1) is 12.0. The summed E-state index contributed by atoms with van der Waals surface area (Å²) in [4.78, 5) is 24.1. The van der Waals surface area contributed by atoms with E-state index >= 15 is 0 Å². The predicted molar refractivity (Wildman–Crippen MR) is 98.1 cm³/mol. The van der Waals surface area contributed by atoms with Crippen molar-refractivity contribution in [2.24, 2.45) is 0 Å².